The lowest BCUT2D eigenvalue weighted by Crippen LogP contribution is -3.06. The molecule has 6 heteroatoms. The smallest absolute Gasteiger partial charge is 0.354 e. The summed E-state index contributed by atoms with van der Waals surface area (Å²) >= 11 is 0. The van der Waals surface area contributed by atoms with E-state index in [0.717, 1.165) is 32.1 Å². The summed E-state index contributed by atoms with van der Waals surface area (Å²) in [6, 6.07) is 0. The standard InChI is InChI=1S/C9H15N5O/c1-3-10-7-11-8-13(4-2)5-6-14(8)9(15)12-7/h3-6H2,1-2H3,(H,10,12,15)/p+1. The molecule has 0 saturated heterocycles. The molecule has 1 aliphatic rings. The Labute approximate surface area is 88.0 Å². The molecule has 6 nitrogen and oxygen atoms in total. The Morgan fingerprint density at radius 2 is 2.27 bits per heavy atom. The molecule has 0 fully saturated rings. The van der Waals surface area contributed by atoms with Crippen LogP contribution in [0, 0.1) is 0 Å². The summed E-state index contributed by atoms with van der Waals surface area (Å²) in [6.07, 6.45) is 0. The highest BCUT2D eigenvalue weighted by atomic mass is 16.1. The molecule has 0 amide bonds. The van der Waals surface area contributed by atoms with Gasteiger partial charge in [-0.2, -0.15) is 4.98 Å². The van der Waals surface area contributed by atoms with Crippen LogP contribution in [-0.2, 0) is 6.54 Å². The van der Waals surface area contributed by atoms with Crippen molar-refractivity contribution >= 4 is 11.9 Å². The van der Waals surface area contributed by atoms with Crippen molar-refractivity contribution in [1.29, 1.82) is 0 Å². The molecular formula is C9H16N5O+. The normalized spacial score (nSPS) is 18.9. The van der Waals surface area contributed by atoms with Crippen LogP contribution in [0.3, 0.4) is 0 Å². The number of hydrogen-bond acceptors (Lipinski definition) is 4. The minimum absolute atomic E-state index is 0.195. The molecule has 15 heavy (non-hydrogen) atoms. The molecule has 1 aromatic heterocycles. The van der Waals surface area contributed by atoms with E-state index >= 15 is 0 Å². The number of hydrogen-bond donors (Lipinski definition) is 2. The quantitative estimate of drug-likeness (QED) is 0.645. The largest absolute Gasteiger partial charge is 0.356 e. The van der Waals surface area contributed by atoms with Crippen molar-refractivity contribution in [3.63, 3.8) is 0 Å². The van der Waals surface area contributed by atoms with E-state index in [1.807, 2.05) is 6.92 Å². The molecular weight excluding hydrogens is 194 g/mol. The SMILES string of the molecule is CCNc1nc2n(c(=O)n1)CC[NH+]2CC. The lowest BCUT2D eigenvalue weighted by Gasteiger charge is -2.08. The Morgan fingerprint density at radius 3 is 2.93 bits per heavy atom. The highest BCUT2D eigenvalue weighted by Gasteiger charge is 2.26. The maximum absolute atomic E-state index is 11.6. The van der Waals surface area contributed by atoms with E-state index in [0.29, 0.717) is 5.95 Å². The van der Waals surface area contributed by atoms with Crippen LogP contribution in [0.15, 0.2) is 4.79 Å². The maximum Gasteiger partial charge on any atom is 0.356 e. The predicted octanol–water partition coefficient (Wildman–Crippen LogP) is -1.38. The highest BCUT2D eigenvalue weighted by molar-refractivity contribution is 5.26. The highest BCUT2D eigenvalue weighted by Crippen LogP contribution is 2.02. The number of anilines is 1. The topological polar surface area (TPSA) is 64.2 Å². The molecule has 1 unspecified atom stereocenters. The molecule has 0 radical (unpaired) electrons. The van der Waals surface area contributed by atoms with E-state index in [2.05, 4.69) is 22.2 Å². The zero-order valence-electron chi connectivity index (χ0n) is 9.08. The molecule has 0 bridgehead atoms. The van der Waals surface area contributed by atoms with Crippen molar-refractivity contribution in [2.45, 2.75) is 20.4 Å². The van der Waals surface area contributed by atoms with Crippen molar-refractivity contribution in [3.05, 3.63) is 10.5 Å². The van der Waals surface area contributed by atoms with Gasteiger partial charge in [-0.1, -0.05) is 0 Å². The van der Waals surface area contributed by atoms with Crippen molar-refractivity contribution in [3.8, 4) is 0 Å². The van der Waals surface area contributed by atoms with E-state index in [-0.39, 0.29) is 5.69 Å². The minimum atomic E-state index is -0.195. The summed E-state index contributed by atoms with van der Waals surface area (Å²) < 4.78 is 1.65. The van der Waals surface area contributed by atoms with Gasteiger partial charge in [0.1, 0.15) is 6.54 Å². The molecule has 1 atom stereocenters. The van der Waals surface area contributed by atoms with E-state index in [1.54, 1.807) is 4.57 Å². The third-order valence-electron chi connectivity index (χ3n) is 2.62. The number of nitrogens with one attached hydrogen (secondary N) is 2. The van der Waals surface area contributed by atoms with E-state index in [1.165, 1.54) is 4.90 Å². The molecule has 0 aromatic carbocycles. The van der Waals surface area contributed by atoms with E-state index in [4.69, 9.17) is 0 Å². The Balaban J connectivity index is 2.43. The minimum Gasteiger partial charge on any atom is -0.354 e. The van der Waals surface area contributed by atoms with E-state index in [9.17, 15) is 4.79 Å². The fourth-order valence-electron chi connectivity index (χ4n) is 1.83. The second-order valence-electron chi connectivity index (χ2n) is 3.54. The Bertz CT molecular complexity index is 413. The molecule has 0 saturated carbocycles. The molecule has 1 aliphatic heterocycles. The average molecular weight is 210 g/mol. The van der Waals surface area contributed by atoms with Gasteiger partial charge in [-0.3, -0.25) is 4.90 Å². The first-order chi connectivity index (χ1) is 7.26. The molecule has 2 N–H and O–H groups in total. The van der Waals surface area contributed by atoms with Gasteiger partial charge in [-0.05, 0) is 13.8 Å². The number of rotatable bonds is 3. The van der Waals surface area contributed by atoms with Crippen LogP contribution < -0.4 is 15.9 Å². The number of fused-ring (bicyclic) bond motifs is 1. The van der Waals surface area contributed by atoms with Gasteiger partial charge >= 0.3 is 11.6 Å². The van der Waals surface area contributed by atoms with Crippen molar-refractivity contribution < 1.29 is 4.90 Å². The van der Waals surface area contributed by atoms with Crippen LogP contribution in [-0.4, -0.2) is 34.2 Å². The second kappa shape index (κ2) is 3.98. The van der Waals surface area contributed by atoms with Gasteiger partial charge in [-0.15, -0.1) is 4.98 Å². The van der Waals surface area contributed by atoms with Crippen molar-refractivity contribution in [1.82, 2.24) is 14.5 Å². The van der Waals surface area contributed by atoms with Gasteiger partial charge in [0.2, 0.25) is 5.95 Å². The van der Waals surface area contributed by atoms with Crippen molar-refractivity contribution in [2.75, 3.05) is 25.0 Å². The zero-order valence-corrected chi connectivity index (χ0v) is 9.08. The van der Waals surface area contributed by atoms with E-state index < -0.39 is 0 Å². The molecule has 2 heterocycles. The predicted molar refractivity (Wildman–Crippen MR) is 56.5 cm³/mol. The molecule has 1 aromatic rings. The second-order valence-corrected chi connectivity index (χ2v) is 3.54. The summed E-state index contributed by atoms with van der Waals surface area (Å²) in [6.45, 7) is 7.37. The molecule has 2 rings (SSSR count). The van der Waals surface area contributed by atoms with Gasteiger partial charge in [0.25, 0.3) is 0 Å². The lowest BCUT2D eigenvalue weighted by molar-refractivity contribution is -0.827. The van der Waals surface area contributed by atoms with Gasteiger partial charge in [0.05, 0.1) is 13.1 Å². The fourth-order valence-corrected chi connectivity index (χ4v) is 1.83. The van der Waals surface area contributed by atoms with Crippen molar-refractivity contribution in [2.24, 2.45) is 0 Å². The first kappa shape index (κ1) is 10.1. The summed E-state index contributed by atoms with van der Waals surface area (Å²) in [5.41, 5.74) is -0.195. The number of quaternary nitrogens is 1. The van der Waals surface area contributed by atoms with Crippen LogP contribution in [0.1, 0.15) is 13.8 Å². The maximum atomic E-state index is 11.6. The molecule has 0 spiro atoms. The first-order valence-corrected chi connectivity index (χ1v) is 5.34. The summed E-state index contributed by atoms with van der Waals surface area (Å²) in [4.78, 5) is 21.1. The number of aromatic nitrogens is 3. The van der Waals surface area contributed by atoms with Crippen LogP contribution in [0.25, 0.3) is 0 Å². The van der Waals surface area contributed by atoms with Gasteiger partial charge in [0, 0.05) is 6.54 Å². The molecule has 0 aliphatic carbocycles. The number of nitrogens with zero attached hydrogens (tertiary/aromatic N) is 3. The Hall–Kier alpha value is -1.43. The fraction of sp³-hybridized carbons (Fsp3) is 0.667. The van der Waals surface area contributed by atoms with Gasteiger partial charge < -0.3 is 5.32 Å². The molecule has 82 valence electrons. The number of likely N-dealkylation sites (N-methyl/N-ethyl adjacent to an activating group) is 1. The monoisotopic (exact) mass is 210 g/mol. The van der Waals surface area contributed by atoms with Gasteiger partial charge in [-0.25, -0.2) is 9.36 Å². The average Bonchev–Trinajstić information content (AvgIpc) is 2.61. The van der Waals surface area contributed by atoms with Crippen LogP contribution in [0.4, 0.5) is 11.9 Å². The third-order valence-corrected chi connectivity index (χ3v) is 2.62. The lowest BCUT2D eigenvalue weighted by atomic mass is 10.6. The third kappa shape index (κ3) is 1.72. The van der Waals surface area contributed by atoms with Crippen LogP contribution >= 0.6 is 0 Å². The van der Waals surface area contributed by atoms with Gasteiger partial charge in [0.15, 0.2) is 0 Å². The summed E-state index contributed by atoms with van der Waals surface area (Å²) in [5.74, 6) is 1.26. The summed E-state index contributed by atoms with van der Waals surface area (Å²) in [7, 11) is 0. The Morgan fingerprint density at radius 1 is 1.47 bits per heavy atom. The summed E-state index contributed by atoms with van der Waals surface area (Å²) in [5, 5.41) is 2.97. The first-order valence-electron chi connectivity index (χ1n) is 5.34. The van der Waals surface area contributed by atoms with Crippen LogP contribution in [0.2, 0.25) is 0 Å². The van der Waals surface area contributed by atoms with Crippen LogP contribution in [0.5, 0.6) is 0 Å². The Kier molecular flexibility index (Phi) is 2.68. The zero-order chi connectivity index (χ0) is 10.8.